The van der Waals surface area contributed by atoms with Gasteiger partial charge in [0.2, 0.25) is 10.0 Å². The maximum atomic E-state index is 12.4. The summed E-state index contributed by atoms with van der Waals surface area (Å²) in [5.74, 6) is 0. The van der Waals surface area contributed by atoms with Crippen LogP contribution in [0.25, 0.3) is 0 Å². The Morgan fingerprint density at radius 1 is 1.33 bits per heavy atom. The molecule has 0 bridgehead atoms. The fourth-order valence-corrected chi connectivity index (χ4v) is 3.33. The fraction of sp³-hybridized carbons (Fsp3) is 0.600. The molecule has 120 valence electrons. The Hall–Kier alpha value is -0.950. The summed E-state index contributed by atoms with van der Waals surface area (Å²) >= 11 is 0. The molecule has 0 saturated heterocycles. The first-order valence-corrected chi connectivity index (χ1v) is 8.72. The molecule has 0 aliphatic carbocycles. The van der Waals surface area contributed by atoms with Gasteiger partial charge in [-0.1, -0.05) is 19.1 Å². The lowest BCUT2D eigenvalue weighted by atomic mass is 10.1. The van der Waals surface area contributed by atoms with Crippen molar-refractivity contribution >= 4 is 10.0 Å². The predicted octanol–water partition coefficient (Wildman–Crippen LogP) is 1.81. The molecular weight excluding hydrogens is 288 g/mol. The largest absolute Gasteiger partial charge is 0.380 e. The number of ether oxygens (including phenoxy) is 1. The maximum absolute atomic E-state index is 12.4. The standard InChI is InChI=1S/C15H26N2O3S/c1-5-9-16-11-14-7-6-8-15(13(14)3)21(18,19)17-10-12(2)20-4/h6-8,12,16-17H,5,9-11H2,1-4H3. The van der Waals surface area contributed by atoms with Crippen LogP contribution >= 0.6 is 0 Å². The number of benzene rings is 1. The highest BCUT2D eigenvalue weighted by Gasteiger charge is 2.18. The highest BCUT2D eigenvalue weighted by Crippen LogP contribution is 2.18. The molecule has 0 saturated carbocycles. The molecule has 0 heterocycles. The van der Waals surface area contributed by atoms with Gasteiger partial charge in [-0.15, -0.1) is 0 Å². The normalized spacial score (nSPS) is 13.3. The summed E-state index contributed by atoms with van der Waals surface area (Å²) in [6.45, 7) is 7.62. The summed E-state index contributed by atoms with van der Waals surface area (Å²) in [4.78, 5) is 0.335. The second-order valence-corrected chi connectivity index (χ2v) is 6.85. The van der Waals surface area contributed by atoms with Crippen LogP contribution in [0.15, 0.2) is 23.1 Å². The van der Waals surface area contributed by atoms with Gasteiger partial charge in [-0.25, -0.2) is 13.1 Å². The summed E-state index contributed by atoms with van der Waals surface area (Å²) in [6, 6.07) is 5.37. The topological polar surface area (TPSA) is 67.4 Å². The van der Waals surface area contributed by atoms with E-state index in [-0.39, 0.29) is 12.6 Å². The van der Waals surface area contributed by atoms with Gasteiger partial charge in [-0.2, -0.15) is 0 Å². The van der Waals surface area contributed by atoms with Crippen molar-refractivity contribution in [3.63, 3.8) is 0 Å². The van der Waals surface area contributed by atoms with Crippen LogP contribution in [0.2, 0.25) is 0 Å². The lowest BCUT2D eigenvalue weighted by Gasteiger charge is -2.15. The van der Waals surface area contributed by atoms with Crippen molar-refractivity contribution in [2.24, 2.45) is 0 Å². The van der Waals surface area contributed by atoms with Crippen LogP contribution in [-0.4, -0.2) is 34.7 Å². The molecule has 5 nitrogen and oxygen atoms in total. The van der Waals surface area contributed by atoms with Crippen LogP contribution in [0.4, 0.5) is 0 Å². The Labute approximate surface area is 128 Å². The molecule has 6 heteroatoms. The zero-order valence-corrected chi connectivity index (χ0v) is 14.1. The molecule has 1 aromatic rings. The molecule has 1 rings (SSSR count). The van der Waals surface area contributed by atoms with E-state index in [0.717, 1.165) is 24.1 Å². The zero-order valence-electron chi connectivity index (χ0n) is 13.3. The second-order valence-electron chi connectivity index (χ2n) is 5.12. The first kappa shape index (κ1) is 18.1. The lowest BCUT2D eigenvalue weighted by Crippen LogP contribution is -2.32. The quantitative estimate of drug-likeness (QED) is 0.682. The van der Waals surface area contributed by atoms with Gasteiger partial charge >= 0.3 is 0 Å². The molecule has 0 amide bonds. The molecule has 0 radical (unpaired) electrons. The van der Waals surface area contributed by atoms with E-state index in [1.54, 1.807) is 19.2 Å². The molecule has 0 spiro atoms. The number of hydrogen-bond acceptors (Lipinski definition) is 4. The minimum atomic E-state index is -3.51. The summed E-state index contributed by atoms with van der Waals surface area (Å²) in [7, 11) is -1.95. The Morgan fingerprint density at radius 2 is 2.05 bits per heavy atom. The van der Waals surface area contributed by atoms with Crippen LogP contribution < -0.4 is 10.0 Å². The molecule has 0 aromatic heterocycles. The monoisotopic (exact) mass is 314 g/mol. The number of nitrogens with one attached hydrogen (secondary N) is 2. The van der Waals surface area contributed by atoms with Gasteiger partial charge in [0.1, 0.15) is 0 Å². The van der Waals surface area contributed by atoms with E-state index in [1.165, 1.54) is 0 Å². The van der Waals surface area contributed by atoms with Crippen LogP contribution in [0.3, 0.4) is 0 Å². The van der Waals surface area contributed by atoms with Gasteiger partial charge < -0.3 is 10.1 Å². The fourth-order valence-electron chi connectivity index (χ4n) is 1.93. The first-order chi connectivity index (χ1) is 9.92. The van der Waals surface area contributed by atoms with Crippen LogP contribution in [-0.2, 0) is 21.3 Å². The van der Waals surface area contributed by atoms with Crippen LogP contribution in [0.5, 0.6) is 0 Å². The summed E-state index contributed by atoms with van der Waals surface area (Å²) < 4.78 is 32.4. The highest BCUT2D eigenvalue weighted by atomic mass is 32.2. The highest BCUT2D eigenvalue weighted by molar-refractivity contribution is 7.89. The van der Waals surface area contributed by atoms with E-state index in [2.05, 4.69) is 17.0 Å². The Bertz CT molecular complexity index is 544. The van der Waals surface area contributed by atoms with Crippen LogP contribution in [0, 0.1) is 6.92 Å². The molecule has 1 unspecified atom stereocenters. The van der Waals surface area contributed by atoms with Crippen molar-refractivity contribution in [3.8, 4) is 0 Å². The van der Waals surface area contributed by atoms with Crippen molar-refractivity contribution in [1.82, 2.24) is 10.0 Å². The van der Waals surface area contributed by atoms with E-state index >= 15 is 0 Å². The van der Waals surface area contributed by atoms with E-state index in [9.17, 15) is 8.42 Å². The third-order valence-corrected chi connectivity index (χ3v) is 4.96. The third-order valence-electron chi connectivity index (χ3n) is 3.39. The third kappa shape index (κ3) is 5.39. The van der Waals surface area contributed by atoms with E-state index < -0.39 is 10.0 Å². The van der Waals surface area contributed by atoms with Crippen LogP contribution in [0.1, 0.15) is 31.4 Å². The lowest BCUT2D eigenvalue weighted by molar-refractivity contribution is 0.122. The van der Waals surface area contributed by atoms with Crippen molar-refractivity contribution in [2.45, 2.75) is 44.7 Å². The zero-order chi connectivity index (χ0) is 15.9. The Kier molecular flexibility index (Phi) is 7.31. The molecule has 0 aliphatic rings. The molecule has 1 atom stereocenters. The van der Waals surface area contributed by atoms with Crippen molar-refractivity contribution in [2.75, 3.05) is 20.2 Å². The smallest absolute Gasteiger partial charge is 0.240 e. The predicted molar refractivity (Wildman–Crippen MR) is 84.8 cm³/mol. The van der Waals surface area contributed by atoms with E-state index in [1.807, 2.05) is 19.9 Å². The van der Waals surface area contributed by atoms with Gasteiger partial charge in [0, 0.05) is 20.2 Å². The van der Waals surface area contributed by atoms with Gasteiger partial charge in [0.25, 0.3) is 0 Å². The Morgan fingerprint density at radius 3 is 2.67 bits per heavy atom. The summed E-state index contributed by atoms with van der Waals surface area (Å²) in [5, 5.41) is 3.29. The van der Waals surface area contributed by atoms with Gasteiger partial charge in [-0.3, -0.25) is 0 Å². The molecule has 21 heavy (non-hydrogen) atoms. The average Bonchev–Trinajstić information content (AvgIpc) is 2.46. The number of methoxy groups -OCH3 is 1. The minimum absolute atomic E-state index is 0.158. The van der Waals surface area contributed by atoms with Crippen molar-refractivity contribution < 1.29 is 13.2 Å². The minimum Gasteiger partial charge on any atom is -0.380 e. The molecule has 2 N–H and O–H groups in total. The first-order valence-electron chi connectivity index (χ1n) is 7.24. The average molecular weight is 314 g/mol. The molecule has 0 aliphatic heterocycles. The molecular formula is C15H26N2O3S. The van der Waals surface area contributed by atoms with E-state index in [0.29, 0.717) is 11.4 Å². The maximum Gasteiger partial charge on any atom is 0.240 e. The SMILES string of the molecule is CCCNCc1cccc(S(=O)(=O)NCC(C)OC)c1C. The van der Waals surface area contributed by atoms with Gasteiger partial charge in [0.15, 0.2) is 0 Å². The van der Waals surface area contributed by atoms with Gasteiger partial charge in [0.05, 0.1) is 11.0 Å². The summed E-state index contributed by atoms with van der Waals surface area (Å²) in [6.07, 6.45) is 0.891. The molecule has 0 fully saturated rings. The van der Waals surface area contributed by atoms with Crippen molar-refractivity contribution in [1.29, 1.82) is 0 Å². The van der Waals surface area contributed by atoms with E-state index in [4.69, 9.17) is 4.74 Å². The van der Waals surface area contributed by atoms with Gasteiger partial charge in [-0.05, 0) is 44.0 Å². The number of rotatable bonds is 9. The molecule has 1 aromatic carbocycles. The number of sulfonamides is 1. The second kappa shape index (κ2) is 8.48. The summed E-state index contributed by atoms with van der Waals surface area (Å²) in [5.41, 5.74) is 1.80. The van der Waals surface area contributed by atoms with Crippen molar-refractivity contribution in [3.05, 3.63) is 29.3 Å². The Balaban J connectivity index is 2.89. The number of hydrogen-bond donors (Lipinski definition) is 2.